The molecule has 3 nitrogen and oxygen atoms in total. The Morgan fingerprint density at radius 3 is 2.26 bits per heavy atom. The maximum absolute atomic E-state index is 12.6. The van der Waals surface area contributed by atoms with Crippen molar-refractivity contribution >= 4 is 5.91 Å². The van der Waals surface area contributed by atoms with Crippen LogP contribution in [0.15, 0.2) is 24.3 Å². The van der Waals surface area contributed by atoms with Crippen LogP contribution in [0.4, 0.5) is 0 Å². The van der Waals surface area contributed by atoms with Crippen LogP contribution in [0.2, 0.25) is 0 Å². The molecule has 3 heteroatoms. The zero-order chi connectivity index (χ0) is 13.5. The Kier molecular flexibility index (Phi) is 2.63. The van der Waals surface area contributed by atoms with Crippen molar-refractivity contribution in [2.24, 2.45) is 0 Å². The second-order valence-electron chi connectivity index (χ2n) is 5.95. The zero-order valence-corrected chi connectivity index (χ0v) is 11.2. The normalized spacial score (nSPS) is 21.9. The molecular formula is C16H18N2O. The third kappa shape index (κ3) is 1.92. The van der Waals surface area contributed by atoms with Crippen molar-refractivity contribution in [2.45, 2.75) is 50.0 Å². The lowest BCUT2D eigenvalue weighted by Gasteiger charge is -2.41. The second kappa shape index (κ2) is 4.09. The molecule has 0 bridgehead atoms. The van der Waals surface area contributed by atoms with Gasteiger partial charge in [-0.1, -0.05) is 36.2 Å². The molecule has 0 aromatic heterocycles. The van der Waals surface area contributed by atoms with Crippen LogP contribution < -0.4 is 5.32 Å². The highest BCUT2D eigenvalue weighted by atomic mass is 16.2. The highest BCUT2D eigenvalue weighted by Gasteiger charge is 2.51. The number of nitriles is 1. The average Bonchev–Trinajstić information content (AvgIpc) is 3.10. The number of amides is 1. The summed E-state index contributed by atoms with van der Waals surface area (Å²) in [4.78, 5) is 12.6. The van der Waals surface area contributed by atoms with E-state index in [1.54, 1.807) is 0 Å². The summed E-state index contributed by atoms with van der Waals surface area (Å²) in [6, 6.07) is 10.5. The standard InChI is InChI=1S/C16H18N2O/c1-12-3-5-13(6-4-12)16(7-2-8-16)14(19)18-15(11-17)9-10-15/h3-6H,2,7-10H2,1H3,(H,18,19). The minimum Gasteiger partial charge on any atom is -0.337 e. The Labute approximate surface area is 113 Å². The van der Waals surface area contributed by atoms with Crippen LogP contribution in [0.5, 0.6) is 0 Å². The van der Waals surface area contributed by atoms with Crippen molar-refractivity contribution in [3.05, 3.63) is 35.4 Å². The number of nitrogens with zero attached hydrogens (tertiary/aromatic N) is 1. The number of carbonyl (C=O) groups excluding carboxylic acids is 1. The van der Waals surface area contributed by atoms with Gasteiger partial charge in [0.15, 0.2) is 0 Å². The van der Waals surface area contributed by atoms with Crippen LogP contribution in [0.1, 0.15) is 43.2 Å². The lowest BCUT2D eigenvalue weighted by atomic mass is 9.63. The topological polar surface area (TPSA) is 52.9 Å². The molecule has 1 N–H and O–H groups in total. The lowest BCUT2D eigenvalue weighted by Crippen LogP contribution is -2.52. The maximum atomic E-state index is 12.6. The van der Waals surface area contributed by atoms with Crippen LogP contribution in [0.3, 0.4) is 0 Å². The van der Waals surface area contributed by atoms with Gasteiger partial charge in [0.05, 0.1) is 11.5 Å². The number of carbonyl (C=O) groups is 1. The Balaban J connectivity index is 1.85. The number of hydrogen-bond donors (Lipinski definition) is 1. The van der Waals surface area contributed by atoms with Crippen LogP contribution >= 0.6 is 0 Å². The van der Waals surface area contributed by atoms with E-state index in [0.717, 1.165) is 37.7 Å². The minimum absolute atomic E-state index is 0.0432. The van der Waals surface area contributed by atoms with E-state index >= 15 is 0 Å². The van der Waals surface area contributed by atoms with E-state index in [1.807, 2.05) is 6.92 Å². The molecule has 2 aliphatic carbocycles. The van der Waals surface area contributed by atoms with Gasteiger partial charge in [-0.3, -0.25) is 4.79 Å². The van der Waals surface area contributed by atoms with Crippen LogP contribution in [-0.4, -0.2) is 11.4 Å². The van der Waals surface area contributed by atoms with E-state index in [9.17, 15) is 4.79 Å². The Hall–Kier alpha value is -1.82. The zero-order valence-electron chi connectivity index (χ0n) is 11.2. The molecule has 0 heterocycles. The summed E-state index contributed by atoms with van der Waals surface area (Å²) in [5, 5.41) is 12.1. The molecule has 2 fully saturated rings. The molecule has 1 amide bonds. The molecule has 0 unspecified atom stereocenters. The molecule has 1 aromatic carbocycles. The first kappa shape index (κ1) is 12.2. The SMILES string of the molecule is Cc1ccc(C2(C(=O)NC3(C#N)CC3)CCC2)cc1. The molecule has 2 saturated carbocycles. The molecule has 0 atom stereocenters. The summed E-state index contributed by atoms with van der Waals surface area (Å²) in [5.41, 5.74) is 1.34. The first-order chi connectivity index (χ1) is 9.10. The number of nitrogens with one attached hydrogen (secondary N) is 1. The van der Waals surface area contributed by atoms with Crippen molar-refractivity contribution < 1.29 is 4.79 Å². The number of hydrogen-bond acceptors (Lipinski definition) is 2. The average molecular weight is 254 g/mol. The largest absolute Gasteiger partial charge is 0.337 e. The third-order valence-electron chi connectivity index (χ3n) is 4.56. The Morgan fingerprint density at radius 2 is 1.84 bits per heavy atom. The van der Waals surface area contributed by atoms with Crippen LogP contribution in [0, 0.1) is 18.3 Å². The van der Waals surface area contributed by atoms with Gasteiger partial charge in [-0.05, 0) is 38.2 Å². The second-order valence-corrected chi connectivity index (χ2v) is 5.95. The van der Waals surface area contributed by atoms with Crippen molar-refractivity contribution in [3.8, 4) is 6.07 Å². The van der Waals surface area contributed by atoms with Crippen LogP contribution in [0.25, 0.3) is 0 Å². The van der Waals surface area contributed by atoms with Gasteiger partial charge >= 0.3 is 0 Å². The summed E-state index contributed by atoms with van der Waals surface area (Å²) >= 11 is 0. The van der Waals surface area contributed by atoms with Crippen molar-refractivity contribution in [1.82, 2.24) is 5.32 Å². The highest BCUT2D eigenvalue weighted by Crippen LogP contribution is 2.45. The van der Waals surface area contributed by atoms with Crippen molar-refractivity contribution in [2.75, 3.05) is 0 Å². The highest BCUT2D eigenvalue weighted by molar-refractivity contribution is 5.90. The van der Waals surface area contributed by atoms with E-state index < -0.39 is 5.54 Å². The van der Waals surface area contributed by atoms with Gasteiger partial charge in [0, 0.05) is 0 Å². The van der Waals surface area contributed by atoms with E-state index in [1.165, 1.54) is 5.56 Å². The lowest BCUT2D eigenvalue weighted by molar-refractivity contribution is -0.130. The molecule has 19 heavy (non-hydrogen) atoms. The molecule has 2 aliphatic rings. The van der Waals surface area contributed by atoms with E-state index in [4.69, 9.17) is 5.26 Å². The summed E-state index contributed by atoms with van der Waals surface area (Å²) in [7, 11) is 0. The van der Waals surface area contributed by atoms with Crippen molar-refractivity contribution in [3.63, 3.8) is 0 Å². The summed E-state index contributed by atoms with van der Waals surface area (Å²) < 4.78 is 0. The summed E-state index contributed by atoms with van der Waals surface area (Å²) in [6.07, 6.45) is 4.45. The van der Waals surface area contributed by atoms with Gasteiger partial charge < -0.3 is 5.32 Å². The first-order valence-corrected chi connectivity index (χ1v) is 6.91. The fourth-order valence-corrected chi connectivity index (χ4v) is 2.78. The molecule has 3 rings (SSSR count). The quantitative estimate of drug-likeness (QED) is 0.901. The van der Waals surface area contributed by atoms with E-state index in [2.05, 4.69) is 35.7 Å². The number of aryl methyl sites for hydroxylation is 1. The number of benzene rings is 1. The molecule has 1 aromatic rings. The van der Waals surface area contributed by atoms with Gasteiger partial charge in [0.2, 0.25) is 5.91 Å². The number of rotatable bonds is 3. The fraction of sp³-hybridized carbons (Fsp3) is 0.500. The van der Waals surface area contributed by atoms with Gasteiger partial charge in [-0.2, -0.15) is 5.26 Å². The van der Waals surface area contributed by atoms with E-state index in [-0.39, 0.29) is 11.3 Å². The maximum Gasteiger partial charge on any atom is 0.231 e. The molecule has 0 aliphatic heterocycles. The predicted molar refractivity (Wildman–Crippen MR) is 72.4 cm³/mol. The van der Waals surface area contributed by atoms with Crippen molar-refractivity contribution in [1.29, 1.82) is 5.26 Å². The molecule has 0 radical (unpaired) electrons. The fourth-order valence-electron chi connectivity index (χ4n) is 2.78. The molecule has 0 saturated heterocycles. The molecular weight excluding hydrogens is 236 g/mol. The first-order valence-electron chi connectivity index (χ1n) is 6.91. The third-order valence-corrected chi connectivity index (χ3v) is 4.56. The Bertz CT molecular complexity index is 545. The van der Waals surface area contributed by atoms with E-state index in [0.29, 0.717) is 0 Å². The summed E-state index contributed by atoms with van der Waals surface area (Å²) in [5.74, 6) is 0.0432. The minimum atomic E-state index is -0.565. The smallest absolute Gasteiger partial charge is 0.231 e. The monoisotopic (exact) mass is 254 g/mol. The van der Waals surface area contributed by atoms with Crippen LogP contribution in [-0.2, 0) is 10.2 Å². The van der Waals surface area contributed by atoms with Gasteiger partial charge in [-0.15, -0.1) is 0 Å². The van der Waals surface area contributed by atoms with Gasteiger partial charge in [0.25, 0.3) is 0 Å². The van der Waals surface area contributed by atoms with Gasteiger partial charge in [0.1, 0.15) is 5.54 Å². The summed E-state index contributed by atoms with van der Waals surface area (Å²) in [6.45, 7) is 2.05. The van der Waals surface area contributed by atoms with Gasteiger partial charge in [-0.25, -0.2) is 0 Å². The predicted octanol–water partition coefficient (Wildman–Crippen LogP) is 2.59. The Morgan fingerprint density at radius 1 is 1.21 bits per heavy atom. The molecule has 0 spiro atoms. The molecule has 98 valence electrons.